The van der Waals surface area contributed by atoms with Crippen molar-refractivity contribution in [1.82, 2.24) is 4.90 Å². The Hall–Kier alpha value is -3.43. The molecule has 0 aromatic heterocycles. The number of nitrogens with zero attached hydrogens (tertiary/aromatic N) is 2. The van der Waals surface area contributed by atoms with E-state index in [4.69, 9.17) is 10.5 Å². The Morgan fingerprint density at radius 1 is 1.17 bits per heavy atom. The SMILES string of the molecule is CCN1CC2=C(OC(N)=C(C#N)C2c2cccc(F)c2)/C(=C/c2cccc(F)c2)C1. The second-order valence-corrected chi connectivity index (χ2v) is 7.36. The molecule has 0 spiro atoms. The van der Waals surface area contributed by atoms with Crippen molar-refractivity contribution >= 4 is 6.08 Å². The highest BCUT2D eigenvalue weighted by atomic mass is 19.1. The average molecular weight is 405 g/mol. The molecular weight excluding hydrogens is 384 g/mol. The molecule has 2 N–H and O–H groups in total. The van der Waals surface area contributed by atoms with E-state index in [-0.39, 0.29) is 23.1 Å². The molecule has 2 aromatic rings. The van der Waals surface area contributed by atoms with Gasteiger partial charge in [0, 0.05) is 18.7 Å². The lowest BCUT2D eigenvalue weighted by molar-refractivity contribution is 0.239. The minimum atomic E-state index is -0.500. The molecule has 1 atom stereocenters. The van der Waals surface area contributed by atoms with Gasteiger partial charge in [0.25, 0.3) is 0 Å². The number of benzene rings is 2. The summed E-state index contributed by atoms with van der Waals surface area (Å²) in [7, 11) is 0. The van der Waals surface area contributed by atoms with Crippen molar-refractivity contribution in [2.75, 3.05) is 19.6 Å². The number of allylic oxidation sites excluding steroid dienone is 1. The lowest BCUT2D eigenvalue weighted by Crippen LogP contribution is -2.38. The average Bonchev–Trinajstić information content (AvgIpc) is 2.73. The van der Waals surface area contributed by atoms with E-state index in [1.807, 2.05) is 19.1 Å². The van der Waals surface area contributed by atoms with Gasteiger partial charge in [0.05, 0.1) is 5.92 Å². The molecule has 0 aliphatic carbocycles. The molecule has 30 heavy (non-hydrogen) atoms. The topological polar surface area (TPSA) is 62.3 Å². The van der Waals surface area contributed by atoms with Crippen LogP contribution in [-0.4, -0.2) is 24.5 Å². The Morgan fingerprint density at radius 2 is 1.90 bits per heavy atom. The second kappa shape index (κ2) is 8.13. The number of rotatable bonds is 3. The van der Waals surface area contributed by atoms with Crippen LogP contribution in [0.25, 0.3) is 6.08 Å². The van der Waals surface area contributed by atoms with Crippen LogP contribution in [0.5, 0.6) is 0 Å². The first kappa shape index (κ1) is 19.9. The third kappa shape index (κ3) is 3.72. The fourth-order valence-electron chi connectivity index (χ4n) is 4.03. The molecule has 0 fully saturated rings. The molecule has 0 bridgehead atoms. The molecule has 4 rings (SSSR count). The monoisotopic (exact) mass is 405 g/mol. The van der Waals surface area contributed by atoms with E-state index in [1.165, 1.54) is 24.3 Å². The molecule has 2 aliphatic rings. The Labute approximate surface area is 174 Å². The Bertz CT molecular complexity index is 1130. The fraction of sp³-hybridized carbons (Fsp3) is 0.208. The first-order valence-corrected chi connectivity index (χ1v) is 9.75. The van der Waals surface area contributed by atoms with Crippen LogP contribution >= 0.6 is 0 Å². The van der Waals surface area contributed by atoms with Crippen LogP contribution in [0.4, 0.5) is 8.78 Å². The van der Waals surface area contributed by atoms with Gasteiger partial charge in [-0.15, -0.1) is 0 Å². The standard InChI is InChI=1S/C24H21F2N3O/c1-2-29-13-17(9-15-5-3-7-18(25)10-15)23-21(14-29)22(20(12-27)24(28)30-23)16-6-4-8-19(26)11-16/h3-11,22H,2,13-14,28H2,1H3/b17-9+. The molecular formula is C24H21F2N3O. The lowest BCUT2D eigenvalue weighted by Gasteiger charge is -2.38. The molecule has 2 aromatic carbocycles. The Balaban J connectivity index is 1.89. The summed E-state index contributed by atoms with van der Waals surface area (Å²) in [6.45, 7) is 3.97. The van der Waals surface area contributed by atoms with Gasteiger partial charge in [0.15, 0.2) is 0 Å². The number of halogens is 2. The predicted octanol–water partition coefficient (Wildman–Crippen LogP) is 4.45. The number of likely N-dealkylation sites (N-methyl/N-ethyl adjacent to an activating group) is 1. The molecule has 0 saturated carbocycles. The fourth-order valence-corrected chi connectivity index (χ4v) is 4.03. The second-order valence-electron chi connectivity index (χ2n) is 7.36. The first-order valence-electron chi connectivity index (χ1n) is 9.75. The summed E-state index contributed by atoms with van der Waals surface area (Å²) in [5.41, 5.74) is 9.42. The van der Waals surface area contributed by atoms with Gasteiger partial charge in [-0.2, -0.15) is 5.26 Å². The van der Waals surface area contributed by atoms with Crippen LogP contribution in [-0.2, 0) is 4.74 Å². The summed E-state index contributed by atoms with van der Waals surface area (Å²) in [6.07, 6.45) is 1.87. The zero-order chi connectivity index (χ0) is 21.3. The maximum absolute atomic E-state index is 14.0. The summed E-state index contributed by atoms with van der Waals surface area (Å²) < 4.78 is 33.6. The van der Waals surface area contributed by atoms with E-state index in [1.54, 1.807) is 18.2 Å². The van der Waals surface area contributed by atoms with Crippen molar-refractivity contribution in [1.29, 1.82) is 5.26 Å². The van der Waals surface area contributed by atoms with Crippen LogP contribution < -0.4 is 5.73 Å². The first-order chi connectivity index (χ1) is 14.5. The van der Waals surface area contributed by atoms with Crippen LogP contribution in [0, 0.1) is 23.0 Å². The number of ether oxygens (including phenoxy) is 1. The molecule has 1 unspecified atom stereocenters. The van der Waals surface area contributed by atoms with E-state index in [0.29, 0.717) is 30.0 Å². The molecule has 0 radical (unpaired) electrons. The number of hydrogen-bond acceptors (Lipinski definition) is 4. The van der Waals surface area contributed by atoms with Gasteiger partial charge in [-0.3, -0.25) is 4.90 Å². The minimum absolute atomic E-state index is 0.0144. The molecule has 0 saturated heterocycles. The van der Waals surface area contributed by atoms with Crippen LogP contribution in [0.3, 0.4) is 0 Å². The summed E-state index contributed by atoms with van der Waals surface area (Å²) in [5.74, 6) is -0.610. The highest BCUT2D eigenvalue weighted by Crippen LogP contribution is 2.43. The van der Waals surface area contributed by atoms with E-state index < -0.39 is 5.92 Å². The molecule has 6 heteroatoms. The number of nitrogens with two attached hydrogens (primary N) is 1. The van der Waals surface area contributed by atoms with E-state index >= 15 is 0 Å². The van der Waals surface area contributed by atoms with Gasteiger partial charge >= 0.3 is 0 Å². The number of nitriles is 1. The predicted molar refractivity (Wildman–Crippen MR) is 111 cm³/mol. The molecule has 2 heterocycles. The van der Waals surface area contributed by atoms with E-state index in [9.17, 15) is 14.0 Å². The summed E-state index contributed by atoms with van der Waals surface area (Å²) in [5, 5.41) is 9.75. The zero-order valence-corrected chi connectivity index (χ0v) is 16.5. The Morgan fingerprint density at radius 3 is 2.57 bits per heavy atom. The quantitative estimate of drug-likeness (QED) is 0.820. The summed E-state index contributed by atoms with van der Waals surface area (Å²) >= 11 is 0. The van der Waals surface area contributed by atoms with Crippen molar-refractivity contribution in [2.24, 2.45) is 5.73 Å². The van der Waals surface area contributed by atoms with Crippen LogP contribution in [0.15, 0.2) is 76.9 Å². The van der Waals surface area contributed by atoms with Gasteiger partial charge in [-0.05, 0) is 53.6 Å². The maximum Gasteiger partial charge on any atom is 0.205 e. The van der Waals surface area contributed by atoms with Crippen molar-refractivity contribution < 1.29 is 13.5 Å². The molecule has 2 aliphatic heterocycles. The lowest BCUT2D eigenvalue weighted by atomic mass is 9.80. The van der Waals surface area contributed by atoms with Gasteiger partial charge in [-0.1, -0.05) is 31.2 Å². The summed E-state index contributed by atoms with van der Waals surface area (Å²) in [4.78, 5) is 2.19. The van der Waals surface area contributed by atoms with E-state index in [0.717, 1.165) is 17.7 Å². The highest BCUT2D eigenvalue weighted by molar-refractivity contribution is 5.63. The smallest absolute Gasteiger partial charge is 0.205 e. The van der Waals surface area contributed by atoms with Gasteiger partial charge in [0.2, 0.25) is 5.88 Å². The largest absolute Gasteiger partial charge is 0.440 e. The number of hydrogen-bond donors (Lipinski definition) is 1. The van der Waals surface area contributed by atoms with Crippen LogP contribution in [0.2, 0.25) is 0 Å². The maximum atomic E-state index is 14.0. The zero-order valence-electron chi connectivity index (χ0n) is 16.5. The summed E-state index contributed by atoms with van der Waals surface area (Å²) in [6, 6.07) is 14.6. The Kier molecular flexibility index (Phi) is 5.39. The molecule has 152 valence electrons. The molecule has 0 amide bonds. The minimum Gasteiger partial charge on any atom is -0.440 e. The van der Waals surface area contributed by atoms with Crippen molar-refractivity contribution in [2.45, 2.75) is 12.8 Å². The van der Waals surface area contributed by atoms with Gasteiger partial charge in [0.1, 0.15) is 29.0 Å². The van der Waals surface area contributed by atoms with E-state index in [2.05, 4.69) is 11.0 Å². The normalized spacial score (nSPS) is 20.7. The van der Waals surface area contributed by atoms with Gasteiger partial charge in [-0.25, -0.2) is 8.78 Å². The van der Waals surface area contributed by atoms with Crippen molar-refractivity contribution in [3.05, 3.63) is 99.7 Å². The highest BCUT2D eigenvalue weighted by Gasteiger charge is 2.37. The van der Waals surface area contributed by atoms with Gasteiger partial charge < -0.3 is 10.5 Å². The third-order valence-electron chi connectivity index (χ3n) is 5.43. The molecule has 4 nitrogen and oxygen atoms in total. The van der Waals surface area contributed by atoms with Crippen LogP contribution in [0.1, 0.15) is 24.0 Å². The van der Waals surface area contributed by atoms with Crippen molar-refractivity contribution in [3.8, 4) is 6.07 Å². The third-order valence-corrected chi connectivity index (χ3v) is 5.43. The van der Waals surface area contributed by atoms with Crippen molar-refractivity contribution in [3.63, 3.8) is 0 Å².